The van der Waals surface area contributed by atoms with Crippen LogP contribution in [-0.2, 0) is 4.74 Å². The van der Waals surface area contributed by atoms with E-state index in [-0.39, 0.29) is 6.04 Å². The van der Waals surface area contributed by atoms with Gasteiger partial charge in [0, 0.05) is 19.0 Å². The maximum atomic E-state index is 11.3. The summed E-state index contributed by atoms with van der Waals surface area (Å²) < 4.78 is 5.08. The van der Waals surface area contributed by atoms with Gasteiger partial charge in [0.2, 0.25) is 0 Å². The lowest BCUT2D eigenvalue weighted by Gasteiger charge is -2.21. The van der Waals surface area contributed by atoms with Gasteiger partial charge in [0.25, 0.3) is 0 Å². The summed E-state index contributed by atoms with van der Waals surface area (Å²) in [5.74, 6) is 0. The molecular weight excluding hydrogens is 184 g/mol. The Morgan fingerprint density at radius 1 is 1.57 bits per heavy atom. The number of amides is 1. The number of aliphatic hydroxyl groups is 1. The molecule has 1 fully saturated rings. The average Bonchev–Trinajstić information content (AvgIpc) is 2.30. The molecule has 2 atom stereocenters. The van der Waals surface area contributed by atoms with Crippen molar-refractivity contribution in [3.63, 3.8) is 0 Å². The van der Waals surface area contributed by atoms with E-state index in [9.17, 15) is 4.79 Å². The minimum absolute atomic E-state index is 0.0418. The Hall–Kier alpha value is -0.810. The van der Waals surface area contributed by atoms with Crippen molar-refractivity contribution in [2.24, 2.45) is 0 Å². The van der Waals surface area contributed by atoms with Crippen LogP contribution in [0.25, 0.3) is 0 Å². The van der Waals surface area contributed by atoms with Crippen LogP contribution in [0.4, 0.5) is 4.79 Å². The van der Waals surface area contributed by atoms with Crippen LogP contribution in [0, 0.1) is 0 Å². The predicted molar refractivity (Wildman–Crippen MR) is 51.8 cm³/mol. The number of hydrogen-bond acceptors (Lipinski definition) is 4. The van der Waals surface area contributed by atoms with Crippen LogP contribution >= 0.6 is 0 Å². The van der Waals surface area contributed by atoms with E-state index < -0.39 is 17.9 Å². The van der Waals surface area contributed by atoms with E-state index in [1.54, 1.807) is 0 Å². The van der Waals surface area contributed by atoms with Gasteiger partial charge in [-0.3, -0.25) is 5.32 Å². The summed E-state index contributed by atoms with van der Waals surface area (Å²) in [4.78, 5) is 11.3. The topological polar surface area (TPSA) is 70.6 Å². The molecule has 5 nitrogen and oxygen atoms in total. The fourth-order valence-electron chi connectivity index (χ4n) is 1.30. The second-order valence-corrected chi connectivity index (χ2v) is 4.50. The Bertz CT molecular complexity index is 213. The van der Waals surface area contributed by atoms with Crippen LogP contribution in [0.3, 0.4) is 0 Å². The number of rotatable bonds is 1. The molecule has 0 aliphatic carbocycles. The molecule has 1 amide bonds. The number of aliphatic hydroxyl groups excluding tert-OH is 1. The Balaban J connectivity index is 2.27. The predicted octanol–water partition coefficient (Wildman–Crippen LogP) is 0.191. The van der Waals surface area contributed by atoms with E-state index in [4.69, 9.17) is 9.84 Å². The van der Waals surface area contributed by atoms with Crippen molar-refractivity contribution in [3.8, 4) is 0 Å². The van der Waals surface area contributed by atoms with Crippen molar-refractivity contribution in [1.82, 2.24) is 10.6 Å². The maximum absolute atomic E-state index is 11.3. The first-order chi connectivity index (χ1) is 6.37. The number of ether oxygens (including phenoxy) is 1. The maximum Gasteiger partial charge on any atom is 0.407 e. The zero-order valence-corrected chi connectivity index (χ0v) is 8.83. The molecule has 0 unspecified atom stereocenters. The minimum Gasteiger partial charge on any atom is -0.444 e. The third-order valence-corrected chi connectivity index (χ3v) is 1.83. The summed E-state index contributed by atoms with van der Waals surface area (Å²) >= 11 is 0. The van der Waals surface area contributed by atoms with Gasteiger partial charge in [-0.15, -0.1) is 0 Å². The molecule has 1 rings (SSSR count). The summed E-state index contributed by atoms with van der Waals surface area (Å²) in [6.07, 6.45) is -0.424. The quantitative estimate of drug-likeness (QED) is 0.567. The van der Waals surface area contributed by atoms with Gasteiger partial charge in [-0.1, -0.05) is 0 Å². The van der Waals surface area contributed by atoms with Crippen molar-refractivity contribution < 1.29 is 14.6 Å². The fraction of sp³-hybridized carbons (Fsp3) is 0.889. The minimum atomic E-state index is -0.519. The molecule has 0 aromatic carbocycles. The normalized spacial score (nSPS) is 27.4. The Kier molecular flexibility index (Phi) is 3.34. The molecular formula is C9H18N2O3. The van der Waals surface area contributed by atoms with Crippen LogP contribution in [-0.4, -0.2) is 35.6 Å². The van der Waals surface area contributed by atoms with E-state index in [0.29, 0.717) is 13.0 Å². The van der Waals surface area contributed by atoms with Crippen molar-refractivity contribution in [3.05, 3.63) is 0 Å². The summed E-state index contributed by atoms with van der Waals surface area (Å²) in [5, 5.41) is 14.6. The molecule has 14 heavy (non-hydrogen) atoms. The lowest BCUT2D eigenvalue weighted by molar-refractivity contribution is 0.0505. The van der Waals surface area contributed by atoms with E-state index in [0.717, 1.165) is 0 Å². The number of carbonyl (C=O) groups is 1. The SMILES string of the molecule is CC(C)(C)OC(=O)N[C@H]1CN[C@H](O)C1. The highest BCUT2D eigenvalue weighted by atomic mass is 16.6. The molecule has 0 aromatic rings. The van der Waals surface area contributed by atoms with Gasteiger partial charge in [-0.05, 0) is 20.8 Å². The molecule has 0 aromatic heterocycles. The fourth-order valence-corrected chi connectivity index (χ4v) is 1.30. The molecule has 82 valence electrons. The molecule has 1 aliphatic heterocycles. The summed E-state index contributed by atoms with van der Waals surface area (Å²) in [5.41, 5.74) is -0.477. The van der Waals surface area contributed by atoms with Crippen LogP contribution < -0.4 is 10.6 Å². The van der Waals surface area contributed by atoms with Crippen LogP contribution in [0.15, 0.2) is 0 Å². The van der Waals surface area contributed by atoms with E-state index in [1.165, 1.54) is 0 Å². The van der Waals surface area contributed by atoms with E-state index >= 15 is 0 Å². The monoisotopic (exact) mass is 202 g/mol. The first kappa shape index (κ1) is 11.3. The van der Waals surface area contributed by atoms with Gasteiger partial charge in [0.1, 0.15) is 11.8 Å². The van der Waals surface area contributed by atoms with Crippen LogP contribution in [0.1, 0.15) is 27.2 Å². The standard InChI is InChI=1S/C9H18N2O3/c1-9(2,3)14-8(13)11-6-4-7(12)10-5-6/h6-7,10,12H,4-5H2,1-3H3,(H,11,13)/t6-,7-/m1/s1. The first-order valence-corrected chi connectivity index (χ1v) is 4.78. The van der Waals surface area contributed by atoms with Gasteiger partial charge >= 0.3 is 6.09 Å². The molecule has 1 heterocycles. The number of nitrogens with one attached hydrogen (secondary N) is 2. The van der Waals surface area contributed by atoms with Crippen molar-refractivity contribution in [1.29, 1.82) is 0 Å². The molecule has 0 saturated carbocycles. The summed E-state index contributed by atoms with van der Waals surface area (Å²) in [6.45, 7) is 6.03. The summed E-state index contributed by atoms with van der Waals surface area (Å²) in [6, 6.07) is -0.0418. The molecule has 0 spiro atoms. The van der Waals surface area contributed by atoms with Gasteiger partial charge in [0.15, 0.2) is 0 Å². The molecule has 0 bridgehead atoms. The van der Waals surface area contributed by atoms with Crippen LogP contribution in [0.5, 0.6) is 0 Å². The molecule has 5 heteroatoms. The van der Waals surface area contributed by atoms with E-state index in [2.05, 4.69) is 10.6 Å². The lowest BCUT2D eigenvalue weighted by Crippen LogP contribution is -2.40. The van der Waals surface area contributed by atoms with Gasteiger partial charge < -0.3 is 15.2 Å². The van der Waals surface area contributed by atoms with Crippen molar-refractivity contribution in [2.45, 2.75) is 45.1 Å². The zero-order valence-electron chi connectivity index (χ0n) is 8.83. The highest BCUT2D eigenvalue weighted by Crippen LogP contribution is 2.08. The number of carbonyl (C=O) groups excluding carboxylic acids is 1. The molecule has 1 saturated heterocycles. The van der Waals surface area contributed by atoms with Crippen LogP contribution in [0.2, 0.25) is 0 Å². The third-order valence-electron chi connectivity index (χ3n) is 1.83. The zero-order chi connectivity index (χ0) is 10.8. The van der Waals surface area contributed by atoms with E-state index in [1.807, 2.05) is 20.8 Å². The van der Waals surface area contributed by atoms with Crippen molar-refractivity contribution >= 4 is 6.09 Å². The van der Waals surface area contributed by atoms with Gasteiger partial charge in [0.05, 0.1) is 0 Å². The molecule has 3 N–H and O–H groups in total. The third kappa shape index (κ3) is 3.93. The van der Waals surface area contributed by atoms with Gasteiger partial charge in [-0.25, -0.2) is 4.79 Å². The highest BCUT2D eigenvalue weighted by molar-refractivity contribution is 5.68. The Labute approximate surface area is 83.8 Å². The second kappa shape index (κ2) is 4.14. The molecule has 0 radical (unpaired) electrons. The smallest absolute Gasteiger partial charge is 0.407 e. The molecule has 1 aliphatic rings. The lowest BCUT2D eigenvalue weighted by atomic mass is 10.2. The average molecular weight is 202 g/mol. The van der Waals surface area contributed by atoms with Crippen molar-refractivity contribution in [2.75, 3.05) is 6.54 Å². The largest absolute Gasteiger partial charge is 0.444 e. The number of hydrogen-bond donors (Lipinski definition) is 3. The first-order valence-electron chi connectivity index (χ1n) is 4.78. The highest BCUT2D eigenvalue weighted by Gasteiger charge is 2.25. The Morgan fingerprint density at radius 2 is 2.21 bits per heavy atom. The van der Waals surface area contributed by atoms with Gasteiger partial charge in [-0.2, -0.15) is 0 Å². The number of alkyl carbamates (subject to hydrolysis) is 1. The summed E-state index contributed by atoms with van der Waals surface area (Å²) in [7, 11) is 0. The second-order valence-electron chi connectivity index (χ2n) is 4.50. The Morgan fingerprint density at radius 3 is 2.64 bits per heavy atom.